The molecular weight excluding hydrogens is 536 g/mol. The summed E-state index contributed by atoms with van der Waals surface area (Å²) in [5.74, 6) is 0. The molecule has 0 atom stereocenters. The van der Waals surface area contributed by atoms with Crippen LogP contribution >= 0.6 is 10.0 Å². The van der Waals surface area contributed by atoms with Gasteiger partial charge in [0, 0.05) is 0 Å². The Hall–Kier alpha value is -2.83. The van der Waals surface area contributed by atoms with Gasteiger partial charge in [-0.2, -0.15) is 62.7 Å². The molecule has 36 heavy (non-hydrogen) atoms. The number of benzene rings is 3. The number of hydrogen-bond donors (Lipinski definition) is 0. The maximum Gasteiger partial charge on any atom is 0.416 e. The third kappa shape index (κ3) is 5.60. The molecule has 196 valence electrons. The average Bonchev–Trinajstić information content (AvgIpc) is 2.76. The number of alkyl halides is 12. The summed E-state index contributed by atoms with van der Waals surface area (Å²) in [6.45, 7) is 0. The smallest absolute Gasteiger partial charge is 0.166 e. The molecule has 13 heteroatoms. The van der Waals surface area contributed by atoms with Gasteiger partial charge in [0.05, 0.1) is 22.3 Å². The first-order chi connectivity index (χ1) is 16.2. The number of hydrogen-bond acceptors (Lipinski definition) is 0. The van der Waals surface area contributed by atoms with Gasteiger partial charge in [0.15, 0.2) is 0 Å². The summed E-state index contributed by atoms with van der Waals surface area (Å²) in [4.78, 5) is -1.49. The van der Waals surface area contributed by atoms with E-state index in [1.54, 1.807) is 0 Å². The fraction of sp³-hybridized carbons (Fsp3) is 0.217. The van der Waals surface area contributed by atoms with Gasteiger partial charge >= 0.3 is 24.7 Å². The van der Waals surface area contributed by atoms with Gasteiger partial charge in [0.25, 0.3) is 0 Å². The zero-order chi connectivity index (χ0) is 27.3. The van der Waals surface area contributed by atoms with Crippen molar-refractivity contribution in [1.29, 1.82) is 0 Å². The van der Waals surface area contributed by atoms with Crippen LogP contribution in [0.15, 0.2) is 81.4 Å². The maximum atomic E-state index is 13.5. The third-order valence-electron chi connectivity index (χ3n) is 5.28. The second-order valence-electron chi connectivity index (χ2n) is 7.71. The molecule has 0 bridgehead atoms. The lowest BCUT2D eigenvalue weighted by Gasteiger charge is -2.39. The SMILES string of the molecule is CS(c1ccccc1)(c1cc(C(F)(F)F)cc(C(F)(F)F)c1)c1cc(C(F)(F)F)cc(C(F)(F)F)c1. The summed E-state index contributed by atoms with van der Waals surface area (Å²) in [5, 5.41) is 0. The Morgan fingerprint density at radius 2 is 0.694 bits per heavy atom. The van der Waals surface area contributed by atoms with Crippen LogP contribution < -0.4 is 0 Å². The average molecular weight is 550 g/mol. The highest BCUT2D eigenvalue weighted by atomic mass is 32.3. The Bertz CT molecular complexity index is 1100. The molecule has 0 heterocycles. The maximum absolute atomic E-state index is 13.5. The van der Waals surface area contributed by atoms with E-state index in [0.29, 0.717) is 24.3 Å². The van der Waals surface area contributed by atoms with Crippen LogP contribution in [0.2, 0.25) is 0 Å². The standard InChI is InChI=1S/C23H14F12S/c1-36(17-5-3-2-4-6-17,18-9-13(20(24,25)26)7-14(10-18)21(27,28)29)19-11-15(22(30,31)32)8-16(12-19)23(33,34)35/h2-12H,1H3. The van der Waals surface area contributed by atoms with E-state index < -0.39 is 66.8 Å². The highest BCUT2D eigenvalue weighted by Crippen LogP contribution is 2.67. The number of halogens is 12. The Balaban J connectivity index is 2.49. The monoisotopic (exact) mass is 550 g/mol. The van der Waals surface area contributed by atoms with E-state index in [4.69, 9.17) is 0 Å². The van der Waals surface area contributed by atoms with Crippen LogP contribution in [0.5, 0.6) is 0 Å². The van der Waals surface area contributed by atoms with Crippen LogP contribution in [-0.4, -0.2) is 6.26 Å². The van der Waals surface area contributed by atoms with Crippen LogP contribution in [0.3, 0.4) is 0 Å². The molecule has 0 amide bonds. The Morgan fingerprint density at radius 1 is 0.417 bits per heavy atom. The first-order valence-electron chi connectivity index (χ1n) is 9.66. The highest BCUT2D eigenvalue weighted by Gasteiger charge is 2.42. The molecule has 0 saturated heterocycles. The van der Waals surface area contributed by atoms with Gasteiger partial charge < -0.3 is 0 Å². The van der Waals surface area contributed by atoms with Crippen molar-refractivity contribution in [3.63, 3.8) is 0 Å². The molecule has 0 nitrogen and oxygen atoms in total. The lowest BCUT2D eigenvalue weighted by Crippen LogP contribution is -2.15. The van der Waals surface area contributed by atoms with Crippen molar-refractivity contribution in [2.45, 2.75) is 39.4 Å². The summed E-state index contributed by atoms with van der Waals surface area (Å²) >= 11 is 0. The van der Waals surface area contributed by atoms with Crippen molar-refractivity contribution in [2.24, 2.45) is 0 Å². The van der Waals surface area contributed by atoms with Crippen molar-refractivity contribution < 1.29 is 52.7 Å². The molecule has 0 radical (unpaired) electrons. The van der Waals surface area contributed by atoms with Gasteiger partial charge in [0.2, 0.25) is 0 Å². The molecule has 3 aromatic carbocycles. The minimum absolute atomic E-state index is 0.0510. The summed E-state index contributed by atoms with van der Waals surface area (Å²) in [7, 11) is -3.51. The molecule has 0 unspecified atom stereocenters. The molecule has 0 aliphatic carbocycles. The summed E-state index contributed by atoms with van der Waals surface area (Å²) < 4.78 is 162. The predicted molar refractivity (Wildman–Crippen MR) is 108 cm³/mol. The highest BCUT2D eigenvalue weighted by molar-refractivity contribution is 8.33. The van der Waals surface area contributed by atoms with Crippen molar-refractivity contribution in [3.8, 4) is 0 Å². The molecule has 0 aliphatic rings. The van der Waals surface area contributed by atoms with Gasteiger partial charge in [-0.1, -0.05) is 18.2 Å². The minimum atomic E-state index is -5.28. The van der Waals surface area contributed by atoms with E-state index in [2.05, 4.69) is 0 Å². The summed E-state index contributed by atoms with van der Waals surface area (Å²) in [5.41, 5.74) is -6.98. The fourth-order valence-corrected chi connectivity index (χ4v) is 6.39. The molecular formula is C23H14F12S. The molecule has 0 aromatic heterocycles. The first-order valence-corrected chi connectivity index (χ1v) is 11.7. The van der Waals surface area contributed by atoms with E-state index in [1.165, 1.54) is 30.3 Å². The van der Waals surface area contributed by atoms with Crippen molar-refractivity contribution >= 4 is 10.0 Å². The van der Waals surface area contributed by atoms with E-state index in [0.717, 1.165) is 6.26 Å². The van der Waals surface area contributed by atoms with Crippen molar-refractivity contribution in [1.82, 2.24) is 0 Å². The van der Waals surface area contributed by atoms with Crippen LogP contribution in [0.25, 0.3) is 0 Å². The molecule has 0 N–H and O–H groups in total. The first kappa shape index (κ1) is 27.8. The zero-order valence-electron chi connectivity index (χ0n) is 17.8. The Morgan fingerprint density at radius 3 is 0.944 bits per heavy atom. The van der Waals surface area contributed by atoms with E-state index in [9.17, 15) is 52.7 Å². The minimum Gasteiger partial charge on any atom is -0.166 e. The van der Waals surface area contributed by atoms with Crippen LogP contribution in [-0.2, 0) is 24.7 Å². The Labute approximate surface area is 197 Å². The zero-order valence-corrected chi connectivity index (χ0v) is 18.6. The van der Waals surface area contributed by atoms with Crippen LogP contribution in [0.1, 0.15) is 22.3 Å². The lowest BCUT2D eigenvalue weighted by atomic mass is 10.1. The van der Waals surface area contributed by atoms with Gasteiger partial charge in [-0.3, -0.25) is 0 Å². The molecule has 3 aromatic rings. The quantitative estimate of drug-likeness (QED) is 0.285. The number of rotatable bonds is 3. The molecule has 0 aliphatic heterocycles. The lowest BCUT2D eigenvalue weighted by molar-refractivity contribution is -0.144. The second kappa shape index (κ2) is 8.93. The van der Waals surface area contributed by atoms with Crippen LogP contribution in [0, 0.1) is 0 Å². The molecule has 3 rings (SSSR count). The largest absolute Gasteiger partial charge is 0.416 e. The summed E-state index contributed by atoms with van der Waals surface area (Å²) in [6, 6.07) is 7.46. The van der Waals surface area contributed by atoms with Crippen LogP contribution in [0.4, 0.5) is 52.7 Å². The Kier molecular flexibility index (Phi) is 6.88. The fourth-order valence-electron chi connectivity index (χ4n) is 3.43. The summed E-state index contributed by atoms with van der Waals surface area (Å²) in [6.07, 6.45) is -20.1. The van der Waals surface area contributed by atoms with Crippen molar-refractivity contribution in [2.75, 3.05) is 6.26 Å². The van der Waals surface area contributed by atoms with E-state index >= 15 is 0 Å². The topological polar surface area (TPSA) is 0 Å². The van der Waals surface area contributed by atoms with E-state index in [-0.39, 0.29) is 17.0 Å². The predicted octanol–water partition coefficient (Wildman–Crippen LogP) is 9.67. The van der Waals surface area contributed by atoms with Crippen molar-refractivity contribution in [3.05, 3.63) is 89.0 Å². The van der Waals surface area contributed by atoms with E-state index in [1.807, 2.05) is 0 Å². The van der Waals surface area contributed by atoms with Gasteiger partial charge in [-0.05, 0) is 69.5 Å². The van der Waals surface area contributed by atoms with Gasteiger partial charge in [-0.15, -0.1) is 0 Å². The van der Waals surface area contributed by atoms with Gasteiger partial charge in [0.1, 0.15) is 0 Å². The second-order valence-corrected chi connectivity index (χ2v) is 11.0. The molecule has 0 spiro atoms. The van der Waals surface area contributed by atoms with Gasteiger partial charge in [-0.25, -0.2) is 0 Å². The normalized spacial score (nSPS) is 14.1. The molecule has 0 fully saturated rings. The molecule has 0 saturated carbocycles. The third-order valence-corrected chi connectivity index (χ3v) is 8.85.